The number of imidazole rings is 1. The molecule has 7 N–H and O–H groups in total. The molecule has 5 rings (SSSR count). The molecule has 0 spiro atoms. The van der Waals surface area contributed by atoms with E-state index in [0.717, 1.165) is 0 Å². The van der Waals surface area contributed by atoms with Crippen LogP contribution in [0.4, 0.5) is 10.1 Å². The third-order valence-corrected chi connectivity index (χ3v) is 6.70. The maximum atomic E-state index is 16.2. The highest BCUT2D eigenvalue weighted by molar-refractivity contribution is 5.99. The van der Waals surface area contributed by atoms with E-state index < -0.39 is 17.8 Å². The normalized spacial score (nSPS) is 15.3. The van der Waals surface area contributed by atoms with E-state index in [0.29, 0.717) is 65.9 Å². The van der Waals surface area contributed by atoms with Gasteiger partial charge in [0.15, 0.2) is 11.6 Å². The predicted octanol–water partition coefficient (Wildman–Crippen LogP) is 4.37. The molecule has 212 valence electrons. The molecule has 0 aliphatic carbocycles. The first-order valence-corrected chi connectivity index (χ1v) is 13.2. The summed E-state index contributed by atoms with van der Waals surface area (Å²) >= 11 is 0. The lowest BCUT2D eigenvalue weighted by atomic mass is 10.0. The monoisotopic (exact) mass is 558 g/mol. The third-order valence-electron chi connectivity index (χ3n) is 6.70. The summed E-state index contributed by atoms with van der Waals surface area (Å²) in [6.07, 6.45) is 1.95. The molecule has 0 saturated carbocycles. The summed E-state index contributed by atoms with van der Waals surface area (Å²) in [5, 5.41) is 11.0. The molecule has 1 aromatic heterocycles. The molecular weight excluding hydrogens is 527 g/mol. The molecule has 0 bridgehead atoms. The van der Waals surface area contributed by atoms with Gasteiger partial charge in [-0.3, -0.25) is 10.2 Å². The topological polar surface area (TPSA) is 161 Å². The van der Waals surface area contributed by atoms with Gasteiger partial charge >= 0.3 is 0 Å². The van der Waals surface area contributed by atoms with Crippen LogP contribution in [0.3, 0.4) is 0 Å². The molecule has 1 aliphatic heterocycles. The fraction of sp³-hybridized carbons (Fsp3) is 0.233. The zero-order chi connectivity index (χ0) is 28.9. The van der Waals surface area contributed by atoms with Gasteiger partial charge in [0.1, 0.15) is 29.6 Å². The zero-order valence-corrected chi connectivity index (χ0v) is 22.4. The Morgan fingerprint density at radius 2 is 2.00 bits per heavy atom. The molecule has 11 heteroatoms. The van der Waals surface area contributed by atoms with Gasteiger partial charge in [-0.15, -0.1) is 0 Å². The van der Waals surface area contributed by atoms with Crippen molar-refractivity contribution in [2.75, 3.05) is 25.1 Å². The van der Waals surface area contributed by atoms with Gasteiger partial charge in [0.05, 0.1) is 31.7 Å². The van der Waals surface area contributed by atoms with Crippen molar-refractivity contribution in [3.63, 3.8) is 0 Å². The van der Waals surface area contributed by atoms with Crippen molar-refractivity contribution >= 4 is 17.4 Å². The summed E-state index contributed by atoms with van der Waals surface area (Å²) in [6, 6.07) is 16.1. The molecule has 3 aromatic carbocycles. The number of H-pyrrole nitrogens is 1. The first kappa shape index (κ1) is 27.7. The minimum atomic E-state index is -0.838. The number of hydrogen-bond acceptors (Lipinski definition) is 7. The Kier molecular flexibility index (Phi) is 8.16. The number of benzene rings is 3. The number of primary amides is 1. The molecule has 0 radical (unpaired) electrons. The summed E-state index contributed by atoms with van der Waals surface area (Å²) < 4.78 is 33.4. The van der Waals surface area contributed by atoms with E-state index in [2.05, 4.69) is 15.3 Å². The first-order valence-electron chi connectivity index (χ1n) is 13.2. The number of amidine groups is 1. The number of nitrogen functional groups attached to an aromatic ring is 1. The summed E-state index contributed by atoms with van der Waals surface area (Å²) in [4.78, 5) is 19.9. The quantitative estimate of drug-likeness (QED) is 0.135. The highest BCUT2D eigenvalue weighted by Crippen LogP contribution is 2.37. The van der Waals surface area contributed by atoms with Crippen LogP contribution in [0.2, 0.25) is 0 Å². The molecule has 4 aromatic rings. The number of aromatic nitrogens is 2. The number of carbonyl (C=O) groups excluding carboxylic acids is 1. The largest absolute Gasteiger partial charge is 0.494 e. The molecule has 1 saturated heterocycles. The second kappa shape index (κ2) is 12.1. The number of halogens is 1. The lowest BCUT2D eigenvalue weighted by molar-refractivity contribution is 0.100. The lowest BCUT2D eigenvalue weighted by Gasteiger charge is -2.22. The van der Waals surface area contributed by atoms with Crippen molar-refractivity contribution in [1.29, 1.82) is 5.41 Å². The van der Waals surface area contributed by atoms with Gasteiger partial charge in [-0.1, -0.05) is 18.2 Å². The Morgan fingerprint density at radius 1 is 1.22 bits per heavy atom. The van der Waals surface area contributed by atoms with E-state index in [4.69, 9.17) is 31.1 Å². The highest BCUT2D eigenvalue weighted by Gasteiger charge is 2.28. The number of ether oxygens (including phenoxy) is 3. The van der Waals surface area contributed by atoms with Crippen LogP contribution in [0.5, 0.6) is 11.5 Å². The van der Waals surface area contributed by atoms with Crippen molar-refractivity contribution in [2.45, 2.75) is 25.5 Å². The van der Waals surface area contributed by atoms with Gasteiger partial charge in [-0.2, -0.15) is 0 Å². The summed E-state index contributed by atoms with van der Waals surface area (Å²) in [7, 11) is 0. The first-order chi connectivity index (χ1) is 19.8. The van der Waals surface area contributed by atoms with Crippen molar-refractivity contribution < 1.29 is 23.4 Å². The number of nitrogens with zero attached hydrogens (tertiary/aromatic N) is 1. The van der Waals surface area contributed by atoms with Crippen LogP contribution >= 0.6 is 0 Å². The molecule has 1 amide bonds. The van der Waals surface area contributed by atoms with Crippen LogP contribution in [0.25, 0.3) is 11.3 Å². The Labute approximate surface area is 236 Å². The Balaban J connectivity index is 1.60. The van der Waals surface area contributed by atoms with Crippen LogP contribution in [-0.2, 0) is 4.74 Å². The molecule has 1 aliphatic rings. The second-order valence-corrected chi connectivity index (χ2v) is 9.52. The summed E-state index contributed by atoms with van der Waals surface area (Å²) in [6.45, 7) is 3.14. The second-order valence-electron chi connectivity index (χ2n) is 9.52. The van der Waals surface area contributed by atoms with Gasteiger partial charge in [0.25, 0.3) is 0 Å². The van der Waals surface area contributed by atoms with Crippen molar-refractivity contribution in [1.82, 2.24) is 9.97 Å². The van der Waals surface area contributed by atoms with Crippen LogP contribution in [0.15, 0.2) is 66.9 Å². The molecular formula is C30H31FN6O4. The van der Waals surface area contributed by atoms with Crippen molar-refractivity contribution in [3.8, 4) is 22.8 Å². The summed E-state index contributed by atoms with van der Waals surface area (Å²) in [5.74, 6) is -0.366. The molecule has 2 atom stereocenters. The van der Waals surface area contributed by atoms with Crippen LogP contribution in [0.1, 0.15) is 46.7 Å². The van der Waals surface area contributed by atoms with E-state index in [-0.39, 0.29) is 23.3 Å². The molecule has 2 unspecified atom stereocenters. The maximum Gasteiger partial charge on any atom is 0.249 e. The van der Waals surface area contributed by atoms with Gasteiger partial charge in [-0.25, -0.2) is 9.37 Å². The number of anilines is 1. The molecule has 1 fully saturated rings. The van der Waals surface area contributed by atoms with Crippen LogP contribution < -0.4 is 26.3 Å². The van der Waals surface area contributed by atoms with E-state index in [1.165, 1.54) is 6.07 Å². The van der Waals surface area contributed by atoms with Crippen LogP contribution in [0, 0.1) is 11.2 Å². The minimum absolute atomic E-state index is 0.0473. The van der Waals surface area contributed by atoms with Crippen molar-refractivity contribution in [3.05, 3.63) is 95.2 Å². The number of amides is 1. The molecule has 10 nitrogen and oxygen atoms in total. The van der Waals surface area contributed by atoms with Crippen molar-refractivity contribution in [2.24, 2.45) is 11.5 Å². The summed E-state index contributed by atoms with van der Waals surface area (Å²) in [5.41, 5.74) is 14.0. The SMILES string of the molecule is CCOc1cc(OC2CCOC2)c(F)c(C(Nc2ccc(C(=N)N)cc2)c2ncc(-c3ccccc3C(N)=O)[nH]2)c1. The van der Waals surface area contributed by atoms with E-state index >= 15 is 4.39 Å². The maximum absolute atomic E-state index is 16.2. The minimum Gasteiger partial charge on any atom is -0.494 e. The smallest absolute Gasteiger partial charge is 0.249 e. The number of nitrogens with two attached hydrogens (primary N) is 2. The van der Waals surface area contributed by atoms with Gasteiger partial charge in [0.2, 0.25) is 5.91 Å². The Bertz CT molecular complexity index is 1550. The lowest BCUT2D eigenvalue weighted by Crippen LogP contribution is -2.20. The fourth-order valence-electron chi connectivity index (χ4n) is 4.68. The highest BCUT2D eigenvalue weighted by atomic mass is 19.1. The van der Waals surface area contributed by atoms with E-state index in [1.54, 1.807) is 60.8 Å². The van der Waals surface area contributed by atoms with Gasteiger partial charge < -0.3 is 36.0 Å². The zero-order valence-electron chi connectivity index (χ0n) is 22.4. The standard InChI is InChI=1S/C30H31FN6O4/c1-2-40-20-13-23(26(31)25(14-20)41-19-11-12-39-16-19)27(36-18-9-7-17(8-10-18)28(32)33)30-35-15-24(37-30)21-5-3-4-6-22(21)29(34)38/h3-10,13-15,19,27,36H,2,11-12,16H2,1H3,(H3,32,33)(H2,34,38)(H,35,37). The predicted molar refractivity (Wildman–Crippen MR) is 153 cm³/mol. The third kappa shape index (κ3) is 6.15. The molecule has 41 heavy (non-hydrogen) atoms. The Morgan fingerprint density at radius 3 is 2.68 bits per heavy atom. The number of nitrogens with one attached hydrogen (secondary N) is 3. The Hall–Kier alpha value is -4.90. The molecule has 2 heterocycles. The number of aromatic amines is 1. The van der Waals surface area contributed by atoms with Crippen LogP contribution in [-0.4, -0.2) is 47.6 Å². The average Bonchev–Trinajstić information content (AvgIpc) is 3.67. The van der Waals surface area contributed by atoms with E-state index in [1.807, 2.05) is 6.92 Å². The number of carbonyl (C=O) groups is 1. The van der Waals surface area contributed by atoms with E-state index in [9.17, 15) is 4.79 Å². The number of hydrogen-bond donors (Lipinski definition) is 5. The fourth-order valence-corrected chi connectivity index (χ4v) is 4.68. The average molecular weight is 559 g/mol. The van der Waals surface area contributed by atoms with Gasteiger partial charge in [-0.05, 0) is 43.3 Å². The van der Waals surface area contributed by atoms with Gasteiger partial charge in [0, 0.05) is 40.4 Å². The number of rotatable bonds is 11.